The first kappa shape index (κ1) is 16.3. The Hall–Kier alpha value is -2.55. The van der Waals surface area contributed by atoms with Crippen molar-refractivity contribution >= 4 is 34.9 Å². The molecule has 3 aromatic rings. The van der Waals surface area contributed by atoms with Crippen LogP contribution in [-0.4, -0.2) is 17.2 Å². The molecular formula is C17H12Cl2N4O. The second-order valence-corrected chi connectivity index (χ2v) is 5.89. The third kappa shape index (κ3) is 3.35. The average molecular weight is 359 g/mol. The van der Waals surface area contributed by atoms with Crippen molar-refractivity contribution in [3.63, 3.8) is 0 Å². The summed E-state index contributed by atoms with van der Waals surface area (Å²) in [7, 11) is 1.81. The molecule has 0 atom stereocenters. The molecule has 120 valence electrons. The van der Waals surface area contributed by atoms with Gasteiger partial charge in [0.1, 0.15) is 0 Å². The summed E-state index contributed by atoms with van der Waals surface area (Å²) in [6.45, 7) is 0. The minimum Gasteiger partial charge on any atom is -0.407 e. The number of hydrogen-bond donors (Lipinski definition) is 0. The number of hydrogen-bond acceptors (Lipinski definition) is 5. The lowest BCUT2D eigenvalue weighted by Gasteiger charge is -2.13. The first-order valence-corrected chi connectivity index (χ1v) is 7.83. The van der Waals surface area contributed by atoms with E-state index in [1.54, 1.807) is 42.3 Å². The highest BCUT2D eigenvalue weighted by Crippen LogP contribution is 2.28. The zero-order chi connectivity index (χ0) is 17.1. The van der Waals surface area contributed by atoms with E-state index in [0.717, 1.165) is 11.3 Å². The Morgan fingerprint density at radius 2 is 1.75 bits per heavy atom. The van der Waals surface area contributed by atoms with Gasteiger partial charge < -0.3 is 4.42 Å². The predicted octanol–water partition coefficient (Wildman–Crippen LogP) is 4.61. The highest BCUT2D eigenvalue weighted by atomic mass is 35.5. The summed E-state index contributed by atoms with van der Waals surface area (Å²) in [5, 5.41) is 18.1. The Bertz CT molecular complexity index is 879. The number of rotatable bonds is 4. The highest BCUT2D eigenvalue weighted by molar-refractivity contribution is 6.36. The summed E-state index contributed by atoms with van der Waals surface area (Å²) < 4.78 is 5.69. The molecule has 0 saturated heterocycles. The third-order valence-electron chi connectivity index (χ3n) is 3.52. The van der Waals surface area contributed by atoms with E-state index in [1.165, 1.54) is 0 Å². The Morgan fingerprint density at radius 3 is 2.38 bits per heavy atom. The molecule has 1 heterocycles. The molecule has 5 nitrogen and oxygen atoms in total. The molecule has 0 unspecified atom stereocenters. The van der Waals surface area contributed by atoms with Crippen LogP contribution in [0.15, 0.2) is 46.9 Å². The van der Waals surface area contributed by atoms with Gasteiger partial charge in [0.15, 0.2) is 0 Å². The number of anilines is 2. The second-order valence-electron chi connectivity index (χ2n) is 5.07. The Labute approximate surface area is 149 Å². The molecule has 0 fully saturated rings. The molecule has 1 aromatic heterocycles. The molecular weight excluding hydrogens is 347 g/mol. The highest BCUT2D eigenvalue weighted by Gasteiger charge is 2.15. The SMILES string of the molecule is CN(c1ccc(C#N)cc1)c1nnc(Cc2c(Cl)cccc2Cl)o1. The number of nitrogens with zero attached hydrogens (tertiary/aromatic N) is 4. The van der Waals surface area contributed by atoms with Gasteiger partial charge in [-0.25, -0.2) is 0 Å². The van der Waals surface area contributed by atoms with E-state index >= 15 is 0 Å². The summed E-state index contributed by atoms with van der Waals surface area (Å²) in [6, 6.07) is 14.8. The predicted molar refractivity (Wildman–Crippen MR) is 92.8 cm³/mol. The van der Waals surface area contributed by atoms with Gasteiger partial charge in [-0.15, -0.1) is 5.10 Å². The molecule has 0 radical (unpaired) electrons. The molecule has 24 heavy (non-hydrogen) atoms. The molecule has 7 heteroatoms. The number of halogens is 2. The second kappa shape index (κ2) is 6.91. The topological polar surface area (TPSA) is 66.0 Å². The largest absolute Gasteiger partial charge is 0.407 e. The van der Waals surface area contributed by atoms with Crippen molar-refractivity contribution < 1.29 is 4.42 Å². The van der Waals surface area contributed by atoms with Gasteiger partial charge in [-0.2, -0.15) is 5.26 Å². The van der Waals surface area contributed by atoms with E-state index in [9.17, 15) is 0 Å². The van der Waals surface area contributed by atoms with Crippen LogP contribution in [0.5, 0.6) is 0 Å². The fourth-order valence-corrected chi connectivity index (χ4v) is 2.71. The molecule has 0 saturated carbocycles. The number of aromatic nitrogens is 2. The van der Waals surface area contributed by atoms with Crippen LogP contribution < -0.4 is 4.90 Å². The van der Waals surface area contributed by atoms with Crippen LogP contribution in [0.2, 0.25) is 10.0 Å². The van der Waals surface area contributed by atoms with Crippen LogP contribution in [0.3, 0.4) is 0 Å². The minimum absolute atomic E-state index is 0.345. The lowest BCUT2D eigenvalue weighted by atomic mass is 10.1. The van der Waals surface area contributed by atoms with E-state index in [4.69, 9.17) is 32.9 Å². The maximum absolute atomic E-state index is 8.85. The van der Waals surface area contributed by atoms with Crippen LogP contribution in [0, 0.1) is 11.3 Å². The van der Waals surface area contributed by atoms with Crippen molar-refractivity contribution in [1.82, 2.24) is 10.2 Å². The van der Waals surface area contributed by atoms with E-state index in [-0.39, 0.29) is 0 Å². The van der Waals surface area contributed by atoms with Crippen molar-refractivity contribution in [3.05, 3.63) is 69.5 Å². The van der Waals surface area contributed by atoms with Crippen molar-refractivity contribution in [2.24, 2.45) is 0 Å². The van der Waals surface area contributed by atoms with Gasteiger partial charge in [0.2, 0.25) is 5.89 Å². The fraction of sp³-hybridized carbons (Fsp3) is 0.118. The van der Waals surface area contributed by atoms with Crippen molar-refractivity contribution in [2.75, 3.05) is 11.9 Å². The van der Waals surface area contributed by atoms with Crippen LogP contribution >= 0.6 is 23.2 Å². The van der Waals surface area contributed by atoms with Crippen molar-refractivity contribution in [2.45, 2.75) is 6.42 Å². The smallest absolute Gasteiger partial charge is 0.322 e. The number of nitriles is 1. The van der Waals surface area contributed by atoms with E-state index in [2.05, 4.69) is 16.3 Å². The Balaban J connectivity index is 1.81. The summed E-state index contributed by atoms with van der Waals surface area (Å²) >= 11 is 12.3. The first-order valence-electron chi connectivity index (χ1n) is 7.07. The summed E-state index contributed by atoms with van der Waals surface area (Å²) in [5.74, 6) is 0.417. The normalized spacial score (nSPS) is 10.4. The molecule has 0 N–H and O–H groups in total. The van der Waals surface area contributed by atoms with Crippen molar-refractivity contribution in [3.8, 4) is 6.07 Å². The van der Waals surface area contributed by atoms with Crippen LogP contribution in [0.25, 0.3) is 0 Å². The maximum atomic E-state index is 8.85. The molecule has 0 bridgehead atoms. The molecule has 0 aliphatic rings. The number of benzene rings is 2. The van der Waals surface area contributed by atoms with E-state index < -0.39 is 0 Å². The molecule has 0 aliphatic heterocycles. The third-order valence-corrected chi connectivity index (χ3v) is 4.22. The van der Waals surface area contributed by atoms with Gasteiger partial charge >= 0.3 is 6.01 Å². The van der Waals surface area contributed by atoms with Crippen LogP contribution in [0.4, 0.5) is 11.7 Å². The quantitative estimate of drug-likeness (QED) is 0.681. The average Bonchev–Trinajstić information content (AvgIpc) is 3.06. The van der Waals surface area contributed by atoms with Crippen molar-refractivity contribution in [1.29, 1.82) is 5.26 Å². The van der Waals surface area contributed by atoms with Crippen LogP contribution in [0.1, 0.15) is 17.0 Å². The van der Waals surface area contributed by atoms with Gasteiger partial charge in [-0.3, -0.25) is 4.90 Å². The lowest BCUT2D eigenvalue weighted by Crippen LogP contribution is -2.09. The Kier molecular flexibility index (Phi) is 4.70. The van der Waals surface area contributed by atoms with Gasteiger partial charge in [-0.1, -0.05) is 34.4 Å². The molecule has 0 amide bonds. The standard InChI is InChI=1S/C17H12Cl2N4O/c1-23(12-7-5-11(10-20)6-8-12)17-22-21-16(24-17)9-13-14(18)3-2-4-15(13)19/h2-8H,9H2,1H3. The van der Waals surface area contributed by atoms with Gasteiger partial charge in [-0.05, 0) is 42.0 Å². The van der Waals surface area contributed by atoms with Gasteiger partial charge in [0.25, 0.3) is 0 Å². The van der Waals surface area contributed by atoms with Gasteiger partial charge in [0, 0.05) is 22.8 Å². The molecule has 0 spiro atoms. The van der Waals surface area contributed by atoms with E-state index in [1.807, 2.05) is 12.1 Å². The monoisotopic (exact) mass is 358 g/mol. The fourth-order valence-electron chi connectivity index (χ4n) is 2.17. The first-order chi connectivity index (χ1) is 11.6. The Morgan fingerprint density at radius 1 is 1.08 bits per heavy atom. The summed E-state index contributed by atoms with van der Waals surface area (Å²) in [6.07, 6.45) is 0.354. The van der Waals surface area contributed by atoms with Gasteiger partial charge in [0.05, 0.1) is 18.1 Å². The molecule has 0 aliphatic carbocycles. The zero-order valence-corrected chi connectivity index (χ0v) is 14.2. The lowest BCUT2D eigenvalue weighted by molar-refractivity contribution is 0.509. The summed E-state index contributed by atoms with van der Waals surface area (Å²) in [5.41, 5.74) is 2.17. The molecule has 2 aromatic carbocycles. The summed E-state index contributed by atoms with van der Waals surface area (Å²) in [4.78, 5) is 1.74. The van der Waals surface area contributed by atoms with E-state index in [0.29, 0.717) is 33.9 Å². The van der Waals surface area contributed by atoms with Crippen LogP contribution in [-0.2, 0) is 6.42 Å². The zero-order valence-electron chi connectivity index (χ0n) is 12.7. The minimum atomic E-state index is 0.345. The maximum Gasteiger partial charge on any atom is 0.322 e. The molecule has 3 rings (SSSR count).